The second-order valence-corrected chi connectivity index (χ2v) is 7.61. The van der Waals surface area contributed by atoms with E-state index in [1.54, 1.807) is 18.1 Å². The second kappa shape index (κ2) is 6.84. The van der Waals surface area contributed by atoms with Crippen LogP contribution in [0.25, 0.3) is 16.8 Å². The van der Waals surface area contributed by atoms with Crippen LogP contribution in [0.15, 0.2) is 53.3 Å². The standard InChI is InChI=1S/C22H21N5O2/c1-14-20-18(10-19(16-8-9-16)24-21(20)29-25-14)22(28)26(2)12-15-11-23-27(13-15)17-6-4-3-5-7-17/h3-7,10-11,13,16H,8-9,12H2,1-2H3. The summed E-state index contributed by atoms with van der Waals surface area (Å²) in [6.07, 6.45) is 5.95. The smallest absolute Gasteiger partial charge is 0.259 e. The van der Waals surface area contributed by atoms with Crippen LogP contribution in [-0.4, -0.2) is 37.8 Å². The summed E-state index contributed by atoms with van der Waals surface area (Å²) >= 11 is 0. The third-order valence-electron chi connectivity index (χ3n) is 5.29. The first-order valence-corrected chi connectivity index (χ1v) is 9.71. The number of fused-ring (bicyclic) bond motifs is 1. The highest BCUT2D eigenvalue weighted by Crippen LogP contribution is 2.40. The quantitative estimate of drug-likeness (QED) is 0.520. The molecule has 0 radical (unpaired) electrons. The summed E-state index contributed by atoms with van der Waals surface area (Å²) in [5, 5.41) is 9.14. The third-order valence-corrected chi connectivity index (χ3v) is 5.29. The molecule has 0 spiro atoms. The first-order chi connectivity index (χ1) is 14.1. The van der Waals surface area contributed by atoms with Gasteiger partial charge in [-0.2, -0.15) is 5.10 Å². The lowest BCUT2D eigenvalue weighted by molar-refractivity contribution is 0.0786. The number of nitrogens with zero attached hydrogens (tertiary/aromatic N) is 5. The van der Waals surface area contributed by atoms with E-state index in [2.05, 4.69) is 15.2 Å². The van der Waals surface area contributed by atoms with Gasteiger partial charge in [0.25, 0.3) is 11.6 Å². The van der Waals surface area contributed by atoms with Crippen molar-refractivity contribution in [2.45, 2.75) is 32.2 Å². The Balaban J connectivity index is 1.42. The molecule has 1 amide bonds. The lowest BCUT2D eigenvalue weighted by Gasteiger charge is -2.17. The van der Waals surface area contributed by atoms with Crippen molar-refractivity contribution in [1.29, 1.82) is 0 Å². The number of pyridine rings is 1. The molecule has 7 nitrogen and oxygen atoms in total. The van der Waals surface area contributed by atoms with E-state index in [4.69, 9.17) is 4.52 Å². The summed E-state index contributed by atoms with van der Waals surface area (Å²) in [7, 11) is 1.80. The number of hydrogen-bond donors (Lipinski definition) is 0. The molecule has 5 rings (SSSR count). The molecule has 1 fully saturated rings. The molecule has 1 aliphatic rings. The van der Waals surface area contributed by atoms with Gasteiger partial charge in [0, 0.05) is 37.0 Å². The topological polar surface area (TPSA) is 77.1 Å². The van der Waals surface area contributed by atoms with E-state index in [0.29, 0.717) is 34.8 Å². The highest BCUT2D eigenvalue weighted by Gasteiger charge is 2.29. The minimum absolute atomic E-state index is 0.0712. The van der Waals surface area contributed by atoms with E-state index in [0.717, 1.165) is 29.8 Å². The Labute approximate surface area is 167 Å². The van der Waals surface area contributed by atoms with Crippen LogP contribution in [-0.2, 0) is 6.54 Å². The summed E-state index contributed by atoms with van der Waals surface area (Å²) in [6.45, 7) is 2.30. The van der Waals surface area contributed by atoms with Gasteiger partial charge >= 0.3 is 0 Å². The molecule has 0 bridgehead atoms. The number of rotatable bonds is 5. The normalized spacial score (nSPS) is 13.7. The fourth-order valence-corrected chi connectivity index (χ4v) is 3.59. The van der Waals surface area contributed by atoms with E-state index >= 15 is 0 Å². The Hall–Kier alpha value is -3.48. The van der Waals surface area contributed by atoms with Gasteiger partial charge in [0.2, 0.25) is 0 Å². The van der Waals surface area contributed by atoms with E-state index < -0.39 is 0 Å². The molecule has 7 heteroatoms. The van der Waals surface area contributed by atoms with Crippen LogP contribution in [0, 0.1) is 6.92 Å². The molecular weight excluding hydrogens is 366 g/mol. The maximum absolute atomic E-state index is 13.3. The molecular formula is C22H21N5O2. The zero-order chi connectivity index (χ0) is 20.0. The van der Waals surface area contributed by atoms with Gasteiger partial charge in [-0.1, -0.05) is 23.4 Å². The lowest BCUT2D eigenvalue weighted by Crippen LogP contribution is -2.26. The number of aryl methyl sites for hydroxylation is 1. The highest BCUT2D eigenvalue weighted by molar-refractivity contribution is 6.06. The van der Waals surface area contributed by atoms with E-state index in [1.165, 1.54) is 0 Å². The van der Waals surface area contributed by atoms with Crippen LogP contribution < -0.4 is 0 Å². The predicted molar refractivity (Wildman–Crippen MR) is 108 cm³/mol. The molecule has 29 heavy (non-hydrogen) atoms. The number of benzene rings is 1. The summed E-state index contributed by atoms with van der Waals surface area (Å²) in [6, 6.07) is 11.8. The van der Waals surface area contributed by atoms with Crippen LogP contribution in [0.4, 0.5) is 0 Å². The maximum Gasteiger partial charge on any atom is 0.259 e. The average molecular weight is 387 g/mol. The summed E-state index contributed by atoms with van der Waals surface area (Å²) in [5.74, 6) is 0.351. The molecule has 0 unspecified atom stereocenters. The maximum atomic E-state index is 13.3. The van der Waals surface area contributed by atoms with Gasteiger partial charge in [-0.3, -0.25) is 4.79 Å². The lowest BCUT2D eigenvalue weighted by atomic mass is 10.1. The molecule has 4 aromatic rings. The molecule has 3 aromatic heterocycles. The molecule has 146 valence electrons. The number of amides is 1. The zero-order valence-corrected chi connectivity index (χ0v) is 16.4. The number of carbonyl (C=O) groups is 1. The van der Waals surface area contributed by atoms with Crippen LogP contribution in [0.1, 0.15) is 46.1 Å². The number of hydrogen-bond acceptors (Lipinski definition) is 5. The van der Waals surface area contributed by atoms with E-state index in [9.17, 15) is 4.79 Å². The summed E-state index contributed by atoms with van der Waals surface area (Å²) in [4.78, 5) is 19.6. The van der Waals surface area contributed by atoms with Gasteiger partial charge in [-0.05, 0) is 38.0 Å². The van der Waals surface area contributed by atoms with Crippen molar-refractivity contribution in [2.75, 3.05) is 7.05 Å². The van der Waals surface area contributed by atoms with Crippen molar-refractivity contribution in [1.82, 2.24) is 24.8 Å². The van der Waals surface area contributed by atoms with E-state index in [1.807, 2.05) is 54.2 Å². The van der Waals surface area contributed by atoms with Crippen molar-refractivity contribution in [3.63, 3.8) is 0 Å². The van der Waals surface area contributed by atoms with Gasteiger partial charge in [-0.25, -0.2) is 9.67 Å². The molecule has 1 aliphatic carbocycles. The first kappa shape index (κ1) is 17.6. The SMILES string of the molecule is Cc1noc2nc(C3CC3)cc(C(=O)N(C)Cc3cnn(-c4ccccc4)c3)c12. The Morgan fingerprint density at radius 2 is 2.07 bits per heavy atom. The Kier molecular flexibility index (Phi) is 4.16. The molecule has 0 N–H and O–H groups in total. The third kappa shape index (κ3) is 3.29. The van der Waals surface area contributed by atoms with Gasteiger partial charge < -0.3 is 9.42 Å². The minimum atomic E-state index is -0.0712. The van der Waals surface area contributed by atoms with Gasteiger partial charge in [0.05, 0.1) is 28.5 Å². The van der Waals surface area contributed by atoms with Gasteiger partial charge in [-0.15, -0.1) is 0 Å². The monoisotopic (exact) mass is 387 g/mol. The number of carbonyl (C=O) groups excluding carboxylic acids is 1. The van der Waals surface area contributed by atoms with Crippen LogP contribution in [0.2, 0.25) is 0 Å². The Morgan fingerprint density at radius 1 is 1.28 bits per heavy atom. The fraction of sp³-hybridized carbons (Fsp3) is 0.273. The minimum Gasteiger partial charge on any atom is -0.337 e. The first-order valence-electron chi connectivity index (χ1n) is 9.71. The van der Waals surface area contributed by atoms with Gasteiger partial charge in [0.1, 0.15) is 0 Å². The number of aromatic nitrogens is 4. The Morgan fingerprint density at radius 3 is 2.83 bits per heavy atom. The van der Waals surface area contributed by atoms with Crippen LogP contribution >= 0.6 is 0 Å². The molecule has 1 aromatic carbocycles. The largest absolute Gasteiger partial charge is 0.337 e. The second-order valence-electron chi connectivity index (χ2n) is 7.61. The van der Waals surface area contributed by atoms with Crippen molar-refractivity contribution < 1.29 is 9.32 Å². The van der Waals surface area contributed by atoms with E-state index in [-0.39, 0.29) is 5.91 Å². The zero-order valence-electron chi connectivity index (χ0n) is 16.4. The molecule has 1 saturated carbocycles. The van der Waals surface area contributed by atoms with Crippen molar-refractivity contribution in [3.05, 3.63) is 71.3 Å². The average Bonchev–Trinajstić information content (AvgIpc) is 3.39. The fourth-order valence-electron chi connectivity index (χ4n) is 3.59. The van der Waals surface area contributed by atoms with Crippen LogP contribution in [0.5, 0.6) is 0 Å². The molecule has 3 heterocycles. The summed E-state index contributed by atoms with van der Waals surface area (Å²) in [5.41, 5.74) is 4.59. The van der Waals surface area contributed by atoms with Crippen molar-refractivity contribution >= 4 is 17.0 Å². The van der Waals surface area contributed by atoms with Crippen molar-refractivity contribution in [3.8, 4) is 5.69 Å². The summed E-state index contributed by atoms with van der Waals surface area (Å²) < 4.78 is 7.18. The molecule has 0 saturated heterocycles. The van der Waals surface area contributed by atoms with Crippen LogP contribution in [0.3, 0.4) is 0 Å². The highest BCUT2D eigenvalue weighted by atomic mass is 16.5. The molecule has 0 aliphatic heterocycles. The molecule has 0 atom stereocenters. The predicted octanol–water partition coefficient (Wildman–Crippen LogP) is 3.87. The van der Waals surface area contributed by atoms with Crippen molar-refractivity contribution in [2.24, 2.45) is 0 Å². The Bertz CT molecular complexity index is 1190. The van der Waals surface area contributed by atoms with Gasteiger partial charge in [0.15, 0.2) is 0 Å². The number of para-hydroxylation sites is 1.